The lowest BCUT2D eigenvalue weighted by atomic mass is 9.96. The maximum atomic E-state index is 10.2. The standard InChI is InChI=1S/C16H11BI2N2O/c17-9-1-3-10(4-2-9)20-8-11-5-6-12-13(18)7-14(19)16(22)15(12)21-11/h1-7,20,22H,8H2. The van der Waals surface area contributed by atoms with E-state index in [1.807, 2.05) is 42.5 Å². The van der Waals surface area contributed by atoms with Crippen LogP contribution in [0.15, 0.2) is 42.5 Å². The normalized spacial score (nSPS) is 10.8. The second-order valence-corrected chi connectivity index (χ2v) is 7.19. The molecule has 0 saturated heterocycles. The second-order valence-electron chi connectivity index (χ2n) is 4.86. The van der Waals surface area contributed by atoms with Gasteiger partial charge in [0.05, 0.1) is 15.8 Å². The van der Waals surface area contributed by atoms with E-state index in [4.69, 9.17) is 7.85 Å². The highest BCUT2D eigenvalue weighted by atomic mass is 127. The van der Waals surface area contributed by atoms with E-state index < -0.39 is 0 Å². The topological polar surface area (TPSA) is 45.1 Å². The number of halogens is 2. The number of anilines is 1. The van der Waals surface area contributed by atoms with Crippen LogP contribution in [0.3, 0.4) is 0 Å². The molecule has 0 bridgehead atoms. The highest BCUT2D eigenvalue weighted by Crippen LogP contribution is 2.32. The molecule has 0 unspecified atom stereocenters. The quantitative estimate of drug-likeness (QED) is 0.418. The molecule has 0 fully saturated rings. The van der Waals surface area contributed by atoms with Crippen molar-refractivity contribution >= 4 is 75.1 Å². The van der Waals surface area contributed by atoms with Crippen molar-refractivity contribution in [2.75, 3.05) is 5.32 Å². The summed E-state index contributed by atoms with van der Waals surface area (Å²) in [6.45, 7) is 0.585. The predicted molar refractivity (Wildman–Crippen MR) is 108 cm³/mol. The van der Waals surface area contributed by atoms with E-state index in [2.05, 4.69) is 55.5 Å². The third-order valence-corrected chi connectivity index (χ3v) is 5.01. The Kier molecular flexibility index (Phi) is 4.77. The summed E-state index contributed by atoms with van der Waals surface area (Å²) >= 11 is 4.38. The van der Waals surface area contributed by atoms with Crippen molar-refractivity contribution in [2.45, 2.75) is 6.54 Å². The molecule has 1 heterocycles. The van der Waals surface area contributed by atoms with Gasteiger partial charge in [0.2, 0.25) is 0 Å². The fourth-order valence-corrected chi connectivity index (χ4v) is 4.04. The van der Waals surface area contributed by atoms with Crippen LogP contribution in [0.1, 0.15) is 5.69 Å². The zero-order valence-corrected chi connectivity index (χ0v) is 15.8. The van der Waals surface area contributed by atoms with Gasteiger partial charge in [0.25, 0.3) is 0 Å². The van der Waals surface area contributed by atoms with Crippen LogP contribution >= 0.6 is 45.2 Å². The molecule has 3 aromatic rings. The van der Waals surface area contributed by atoms with Crippen LogP contribution in [0, 0.1) is 7.14 Å². The molecule has 2 aromatic carbocycles. The predicted octanol–water partition coefficient (Wildman–Crippen LogP) is 3.56. The molecule has 1 aromatic heterocycles. The van der Waals surface area contributed by atoms with Gasteiger partial charge in [-0.05, 0) is 75.5 Å². The van der Waals surface area contributed by atoms with Crippen molar-refractivity contribution in [3.05, 3.63) is 55.3 Å². The molecule has 0 saturated carbocycles. The number of phenols is 1. The molecule has 108 valence electrons. The third kappa shape index (κ3) is 3.32. The van der Waals surface area contributed by atoms with Crippen molar-refractivity contribution in [2.24, 2.45) is 0 Å². The van der Waals surface area contributed by atoms with Gasteiger partial charge in [-0.1, -0.05) is 17.6 Å². The van der Waals surface area contributed by atoms with Crippen molar-refractivity contribution in [3.63, 3.8) is 0 Å². The first-order valence-electron chi connectivity index (χ1n) is 6.60. The molecule has 0 amide bonds. The van der Waals surface area contributed by atoms with Crippen LogP contribution in [-0.2, 0) is 6.54 Å². The zero-order chi connectivity index (χ0) is 15.7. The summed E-state index contributed by atoms with van der Waals surface area (Å²) in [5.74, 6) is 0.241. The molecule has 6 heteroatoms. The molecule has 0 aliphatic carbocycles. The summed E-state index contributed by atoms with van der Waals surface area (Å²) in [4.78, 5) is 4.58. The molecular weight excluding hydrogens is 501 g/mol. The number of pyridine rings is 1. The number of hydrogen-bond donors (Lipinski definition) is 2. The summed E-state index contributed by atoms with van der Waals surface area (Å²) in [6, 6.07) is 13.5. The van der Waals surface area contributed by atoms with E-state index in [9.17, 15) is 5.11 Å². The molecule has 0 atom stereocenters. The number of nitrogens with one attached hydrogen (secondary N) is 1. The number of aromatic nitrogens is 1. The highest BCUT2D eigenvalue weighted by Gasteiger charge is 2.10. The summed E-state index contributed by atoms with van der Waals surface area (Å²) in [5, 5.41) is 14.5. The minimum Gasteiger partial charge on any atom is -0.505 e. The van der Waals surface area contributed by atoms with E-state index in [1.54, 1.807) is 0 Å². The highest BCUT2D eigenvalue weighted by molar-refractivity contribution is 14.1. The summed E-state index contributed by atoms with van der Waals surface area (Å²) in [7, 11) is 5.67. The van der Waals surface area contributed by atoms with Crippen LogP contribution in [0.25, 0.3) is 10.9 Å². The fourth-order valence-electron chi connectivity index (χ4n) is 2.14. The summed E-state index contributed by atoms with van der Waals surface area (Å²) < 4.78 is 1.89. The Bertz CT molecular complexity index is 838. The van der Waals surface area contributed by atoms with E-state index in [0.29, 0.717) is 12.1 Å². The van der Waals surface area contributed by atoms with Crippen molar-refractivity contribution in [1.82, 2.24) is 4.98 Å². The Morgan fingerprint density at radius 2 is 1.77 bits per heavy atom. The smallest absolute Gasteiger partial charge is 0.155 e. The lowest BCUT2D eigenvalue weighted by molar-refractivity contribution is 0.476. The molecule has 3 rings (SSSR count). The summed E-state index contributed by atoms with van der Waals surface area (Å²) in [5.41, 5.74) is 3.24. The molecule has 0 aliphatic rings. The minimum absolute atomic E-state index is 0.241. The van der Waals surface area contributed by atoms with Crippen LogP contribution in [0.4, 0.5) is 5.69 Å². The molecule has 3 nitrogen and oxygen atoms in total. The molecule has 2 N–H and O–H groups in total. The van der Waals surface area contributed by atoms with Crippen molar-refractivity contribution < 1.29 is 5.11 Å². The zero-order valence-electron chi connectivity index (χ0n) is 11.5. The van der Waals surface area contributed by atoms with Crippen molar-refractivity contribution in [1.29, 1.82) is 0 Å². The second kappa shape index (κ2) is 6.61. The van der Waals surface area contributed by atoms with Gasteiger partial charge < -0.3 is 10.4 Å². The van der Waals surface area contributed by atoms with E-state index in [-0.39, 0.29) is 5.75 Å². The number of benzene rings is 2. The van der Waals surface area contributed by atoms with Gasteiger partial charge in [-0.15, -0.1) is 0 Å². The van der Waals surface area contributed by atoms with Gasteiger partial charge in [-0.2, -0.15) is 0 Å². The van der Waals surface area contributed by atoms with Gasteiger partial charge in [0, 0.05) is 14.6 Å². The van der Waals surface area contributed by atoms with Gasteiger partial charge >= 0.3 is 0 Å². The Hall–Kier alpha value is -1.03. The molecule has 0 spiro atoms. The Labute approximate surface area is 157 Å². The van der Waals surface area contributed by atoms with Gasteiger partial charge in [0.1, 0.15) is 13.4 Å². The Morgan fingerprint density at radius 3 is 2.50 bits per heavy atom. The monoisotopic (exact) mass is 512 g/mol. The lowest BCUT2D eigenvalue weighted by Gasteiger charge is -2.09. The largest absolute Gasteiger partial charge is 0.505 e. The maximum Gasteiger partial charge on any atom is 0.155 e. The first-order valence-corrected chi connectivity index (χ1v) is 8.76. The Balaban J connectivity index is 1.88. The average molecular weight is 512 g/mol. The molecule has 22 heavy (non-hydrogen) atoms. The average Bonchev–Trinajstić information content (AvgIpc) is 2.52. The number of phenolic OH excluding ortho intramolecular Hbond substituents is 1. The van der Waals surface area contributed by atoms with Gasteiger partial charge in [-0.25, -0.2) is 4.98 Å². The van der Waals surface area contributed by atoms with Crippen LogP contribution in [0.5, 0.6) is 5.75 Å². The van der Waals surface area contributed by atoms with E-state index in [0.717, 1.165) is 29.4 Å². The molecule has 0 aliphatic heterocycles. The maximum absolute atomic E-state index is 10.2. The molecular formula is C16H11BI2N2O. The first-order chi connectivity index (χ1) is 10.5. The Morgan fingerprint density at radius 1 is 1.05 bits per heavy atom. The lowest BCUT2D eigenvalue weighted by Crippen LogP contribution is -2.05. The number of aromatic hydroxyl groups is 1. The van der Waals surface area contributed by atoms with Crippen LogP contribution in [0.2, 0.25) is 0 Å². The number of nitrogens with zero attached hydrogens (tertiary/aromatic N) is 1. The SMILES string of the molecule is [B]c1ccc(NCc2ccc3c(I)cc(I)c(O)c3n2)cc1. The number of fused-ring (bicyclic) bond motifs is 1. The van der Waals surface area contributed by atoms with E-state index >= 15 is 0 Å². The first kappa shape index (κ1) is 15.9. The fraction of sp³-hybridized carbons (Fsp3) is 0.0625. The van der Waals surface area contributed by atoms with Crippen LogP contribution in [-0.4, -0.2) is 17.9 Å². The van der Waals surface area contributed by atoms with Crippen LogP contribution < -0.4 is 10.8 Å². The van der Waals surface area contributed by atoms with Gasteiger partial charge in [0.15, 0.2) is 5.75 Å². The summed E-state index contributed by atoms with van der Waals surface area (Å²) in [6.07, 6.45) is 0. The number of rotatable bonds is 3. The third-order valence-electron chi connectivity index (χ3n) is 3.30. The number of hydrogen-bond acceptors (Lipinski definition) is 3. The van der Waals surface area contributed by atoms with Gasteiger partial charge in [-0.3, -0.25) is 0 Å². The van der Waals surface area contributed by atoms with Crippen molar-refractivity contribution in [3.8, 4) is 5.75 Å². The molecule has 2 radical (unpaired) electrons. The minimum atomic E-state index is 0.241. The van der Waals surface area contributed by atoms with E-state index in [1.165, 1.54) is 0 Å².